The van der Waals surface area contributed by atoms with E-state index in [-0.39, 0.29) is 0 Å². The zero-order chi connectivity index (χ0) is 10.6. The fourth-order valence-electron chi connectivity index (χ4n) is 2.46. The third-order valence-corrected chi connectivity index (χ3v) is 3.28. The van der Waals surface area contributed by atoms with E-state index in [0.717, 1.165) is 12.8 Å². The summed E-state index contributed by atoms with van der Waals surface area (Å²) in [6.45, 7) is 7.25. The van der Waals surface area contributed by atoms with Crippen LogP contribution in [0.1, 0.15) is 52.9 Å². The van der Waals surface area contributed by atoms with E-state index in [1.165, 1.54) is 19.3 Å². The summed E-state index contributed by atoms with van der Waals surface area (Å²) in [5, 5.41) is 12.4. The van der Waals surface area contributed by atoms with E-state index in [2.05, 4.69) is 26.1 Å². The average Bonchev–Trinajstić information content (AvgIpc) is 2.42. The molecule has 2 N–H and O–H groups in total. The predicted molar refractivity (Wildman–Crippen MR) is 60.3 cm³/mol. The SMILES string of the molecule is CC(CCCO)NC1CCC(C)(C)C1. The molecule has 0 radical (unpaired) electrons. The highest BCUT2D eigenvalue weighted by Gasteiger charge is 2.30. The Balaban J connectivity index is 2.18. The maximum Gasteiger partial charge on any atom is 0.0431 e. The van der Waals surface area contributed by atoms with Crippen LogP contribution in [0.3, 0.4) is 0 Å². The van der Waals surface area contributed by atoms with Gasteiger partial charge in [0.25, 0.3) is 0 Å². The maximum atomic E-state index is 8.73. The lowest BCUT2D eigenvalue weighted by molar-refractivity contribution is 0.272. The predicted octanol–water partition coefficient (Wildman–Crippen LogP) is 2.32. The molecule has 2 atom stereocenters. The minimum absolute atomic E-state index is 0.322. The largest absolute Gasteiger partial charge is 0.396 e. The van der Waals surface area contributed by atoms with Crippen LogP contribution in [0.4, 0.5) is 0 Å². The first-order valence-electron chi connectivity index (χ1n) is 5.90. The molecule has 1 fully saturated rings. The van der Waals surface area contributed by atoms with Gasteiger partial charge in [0, 0.05) is 18.7 Å². The van der Waals surface area contributed by atoms with Gasteiger partial charge in [0.15, 0.2) is 0 Å². The summed E-state index contributed by atoms with van der Waals surface area (Å²) in [4.78, 5) is 0. The van der Waals surface area contributed by atoms with Gasteiger partial charge in [-0.1, -0.05) is 13.8 Å². The van der Waals surface area contributed by atoms with E-state index in [9.17, 15) is 0 Å². The number of rotatable bonds is 5. The van der Waals surface area contributed by atoms with Crippen LogP contribution in [0.5, 0.6) is 0 Å². The first-order valence-corrected chi connectivity index (χ1v) is 5.90. The molecule has 0 saturated heterocycles. The van der Waals surface area contributed by atoms with Crippen molar-refractivity contribution in [1.82, 2.24) is 5.32 Å². The molecule has 1 aliphatic carbocycles. The Morgan fingerprint density at radius 2 is 2.21 bits per heavy atom. The van der Waals surface area contributed by atoms with Crippen molar-refractivity contribution in [2.24, 2.45) is 5.41 Å². The van der Waals surface area contributed by atoms with Gasteiger partial charge >= 0.3 is 0 Å². The molecular weight excluding hydrogens is 174 g/mol. The minimum Gasteiger partial charge on any atom is -0.396 e. The van der Waals surface area contributed by atoms with Crippen LogP contribution in [-0.4, -0.2) is 23.8 Å². The van der Waals surface area contributed by atoms with E-state index < -0.39 is 0 Å². The summed E-state index contributed by atoms with van der Waals surface area (Å²) in [7, 11) is 0. The quantitative estimate of drug-likeness (QED) is 0.712. The second-order valence-corrected chi connectivity index (χ2v) is 5.54. The van der Waals surface area contributed by atoms with Gasteiger partial charge in [-0.05, 0) is 44.4 Å². The first-order chi connectivity index (χ1) is 6.53. The number of aliphatic hydroxyl groups is 1. The molecule has 0 bridgehead atoms. The van der Waals surface area contributed by atoms with Gasteiger partial charge in [-0.2, -0.15) is 0 Å². The number of hydrogen-bond donors (Lipinski definition) is 2. The van der Waals surface area contributed by atoms with Crippen molar-refractivity contribution in [2.75, 3.05) is 6.61 Å². The highest BCUT2D eigenvalue weighted by Crippen LogP contribution is 2.37. The minimum atomic E-state index is 0.322. The zero-order valence-electron chi connectivity index (χ0n) is 9.84. The molecular formula is C12H25NO. The van der Waals surface area contributed by atoms with Crippen LogP contribution in [0.25, 0.3) is 0 Å². The number of nitrogens with one attached hydrogen (secondary N) is 1. The smallest absolute Gasteiger partial charge is 0.0431 e. The lowest BCUT2D eigenvalue weighted by atomic mass is 9.92. The molecule has 0 spiro atoms. The van der Waals surface area contributed by atoms with E-state index >= 15 is 0 Å². The van der Waals surface area contributed by atoms with E-state index in [0.29, 0.717) is 24.1 Å². The van der Waals surface area contributed by atoms with Gasteiger partial charge in [-0.25, -0.2) is 0 Å². The van der Waals surface area contributed by atoms with Gasteiger partial charge in [0.1, 0.15) is 0 Å². The van der Waals surface area contributed by atoms with Gasteiger partial charge in [0.2, 0.25) is 0 Å². The Hall–Kier alpha value is -0.0800. The van der Waals surface area contributed by atoms with E-state index in [1.54, 1.807) is 0 Å². The fourth-order valence-corrected chi connectivity index (χ4v) is 2.46. The highest BCUT2D eigenvalue weighted by atomic mass is 16.2. The van der Waals surface area contributed by atoms with Gasteiger partial charge in [-0.15, -0.1) is 0 Å². The lowest BCUT2D eigenvalue weighted by Gasteiger charge is -2.21. The fraction of sp³-hybridized carbons (Fsp3) is 1.00. The van der Waals surface area contributed by atoms with E-state index in [4.69, 9.17) is 5.11 Å². The molecule has 84 valence electrons. The van der Waals surface area contributed by atoms with Crippen LogP contribution in [0.2, 0.25) is 0 Å². The highest BCUT2D eigenvalue weighted by molar-refractivity contribution is 4.87. The Labute approximate surface area is 88.1 Å². The molecule has 0 aliphatic heterocycles. The second-order valence-electron chi connectivity index (χ2n) is 5.54. The lowest BCUT2D eigenvalue weighted by Crippen LogP contribution is -2.35. The molecule has 1 saturated carbocycles. The Kier molecular flexibility index (Phi) is 4.39. The molecule has 2 nitrogen and oxygen atoms in total. The Bertz CT molecular complexity index is 168. The Morgan fingerprint density at radius 1 is 1.50 bits per heavy atom. The summed E-state index contributed by atoms with van der Waals surface area (Å²) in [6.07, 6.45) is 5.97. The molecule has 0 amide bonds. The zero-order valence-corrected chi connectivity index (χ0v) is 9.84. The Morgan fingerprint density at radius 3 is 2.71 bits per heavy atom. The molecule has 0 aromatic carbocycles. The average molecular weight is 199 g/mol. The summed E-state index contributed by atoms with van der Waals surface area (Å²) in [5.41, 5.74) is 0.536. The second kappa shape index (κ2) is 5.13. The third kappa shape index (κ3) is 3.97. The van der Waals surface area contributed by atoms with Crippen molar-refractivity contribution in [3.8, 4) is 0 Å². The third-order valence-electron chi connectivity index (χ3n) is 3.28. The topological polar surface area (TPSA) is 32.3 Å². The van der Waals surface area contributed by atoms with Crippen molar-refractivity contribution < 1.29 is 5.11 Å². The molecule has 0 heterocycles. The van der Waals surface area contributed by atoms with E-state index in [1.807, 2.05) is 0 Å². The maximum absolute atomic E-state index is 8.73. The van der Waals surface area contributed by atoms with Crippen molar-refractivity contribution in [3.63, 3.8) is 0 Å². The number of aliphatic hydroxyl groups excluding tert-OH is 1. The summed E-state index contributed by atoms with van der Waals surface area (Å²) in [6, 6.07) is 1.26. The molecule has 1 aliphatic rings. The molecule has 0 aromatic heterocycles. The number of hydrogen-bond acceptors (Lipinski definition) is 2. The molecule has 2 heteroatoms. The van der Waals surface area contributed by atoms with Gasteiger partial charge in [0.05, 0.1) is 0 Å². The summed E-state index contributed by atoms with van der Waals surface area (Å²) in [5.74, 6) is 0. The van der Waals surface area contributed by atoms with Gasteiger partial charge < -0.3 is 10.4 Å². The standard InChI is InChI=1S/C12H25NO/c1-10(5-4-8-14)13-11-6-7-12(2,3)9-11/h10-11,13-14H,4-9H2,1-3H3. The van der Waals surface area contributed by atoms with Gasteiger partial charge in [-0.3, -0.25) is 0 Å². The van der Waals surface area contributed by atoms with Crippen LogP contribution in [-0.2, 0) is 0 Å². The normalized spacial score (nSPS) is 27.9. The molecule has 1 rings (SSSR count). The summed E-state index contributed by atoms with van der Waals surface area (Å²) < 4.78 is 0. The van der Waals surface area contributed by atoms with Crippen LogP contribution < -0.4 is 5.32 Å². The van der Waals surface area contributed by atoms with Crippen molar-refractivity contribution >= 4 is 0 Å². The van der Waals surface area contributed by atoms with Crippen molar-refractivity contribution in [2.45, 2.75) is 65.0 Å². The first kappa shape index (κ1) is 12.0. The van der Waals surface area contributed by atoms with Crippen LogP contribution in [0, 0.1) is 5.41 Å². The van der Waals surface area contributed by atoms with Crippen molar-refractivity contribution in [3.05, 3.63) is 0 Å². The van der Waals surface area contributed by atoms with Crippen molar-refractivity contribution in [1.29, 1.82) is 0 Å². The molecule has 2 unspecified atom stereocenters. The molecule has 0 aromatic rings. The monoisotopic (exact) mass is 199 g/mol. The van der Waals surface area contributed by atoms with Crippen LogP contribution in [0.15, 0.2) is 0 Å². The molecule has 14 heavy (non-hydrogen) atoms. The summed E-state index contributed by atoms with van der Waals surface area (Å²) >= 11 is 0. The van der Waals surface area contributed by atoms with Crippen LogP contribution >= 0.6 is 0 Å².